The minimum atomic E-state index is 0.584. The lowest BCUT2D eigenvalue weighted by Gasteiger charge is -2.26. The minimum absolute atomic E-state index is 0.584. The predicted molar refractivity (Wildman–Crippen MR) is 213 cm³/mol. The topological polar surface area (TPSA) is 47.3 Å². The minimum Gasteiger partial charge on any atom is -0.454 e. The maximum Gasteiger partial charge on any atom is 0.227 e. The van der Waals surface area contributed by atoms with Crippen molar-refractivity contribution in [1.82, 2.24) is 9.55 Å². The van der Waals surface area contributed by atoms with Crippen LogP contribution < -0.4 is 4.90 Å². The monoisotopic (exact) mass is 667 g/mol. The number of anilines is 3. The maximum atomic E-state index is 6.64. The van der Waals surface area contributed by atoms with Gasteiger partial charge in [-0.15, -0.1) is 0 Å². The zero-order chi connectivity index (χ0) is 34.2. The Morgan fingerprint density at radius 1 is 0.481 bits per heavy atom. The zero-order valence-corrected chi connectivity index (χ0v) is 27.9. The van der Waals surface area contributed by atoms with Crippen molar-refractivity contribution in [1.29, 1.82) is 0 Å². The Kier molecular flexibility index (Phi) is 6.18. The Bertz CT molecular complexity index is 3140. The third kappa shape index (κ3) is 4.26. The quantitative estimate of drug-likeness (QED) is 0.183. The van der Waals surface area contributed by atoms with Gasteiger partial charge in [-0.3, -0.25) is 0 Å². The van der Waals surface area contributed by atoms with E-state index in [4.69, 9.17) is 13.8 Å². The lowest BCUT2D eigenvalue weighted by molar-refractivity contribution is 0.620. The Morgan fingerprint density at radius 2 is 1.19 bits per heavy atom. The van der Waals surface area contributed by atoms with E-state index in [0.29, 0.717) is 11.5 Å². The molecule has 0 atom stereocenters. The summed E-state index contributed by atoms with van der Waals surface area (Å²) in [5.41, 5.74) is 10.4. The molecule has 3 heterocycles. The first-order valence-corrected chi connectivity index (χ1v) is 17.5. The number of oxazole rings is 1. The van der Waals surface area contributed by atoms with Crippen LogP contribution in [-0.2, 0) is 0 Å². The third-order valence-corrected chi connectivity index (χ3v) is 10.2. The Balaban J connectivity index is 1.18. The van der Waals surface area contributed by atoms with Crippen molar-refractivity contribution in [3.8, 4) is 17.1 Å². The van der Waals surface area contributed by atoms with Crippen molar-refractivity contribution in [2.24, 2.45) is 0 Å². The molecule has 0 saturated heterocycles. The summed E-state index contributed by atoms with van der Waals surface area (Å²) in [4.78, 5) is 7.37. The molecule has 0 amide bonds. The van der Waals surface area contributed by atoms with Gasteiger partial charge in [0.25, 0.3) is 0 Å². The predicted octanol–water partition coefficient (Wildman–Crippen LogP) is 13.1. The Morgan fingerprint density at radius 3 is 2.08 bits per heavy atom. The van der Waals surface area contributed by atoms with Crippen LogP contribution in [-0.4, -0.2) is 9.55 Å². The molecule has 0 bridgehead atoms. The Hall–Kier alpha value is -7.11. The Labute approximate surface area is 298 Å². The van der Waals surface area contributed by atoms with E-state index in [0.717, 1.165) is 61.2 Å². The second kappa shape index (κ2) is 11.2. The molecule has 52 heavy (non-hydrogen) atoms. The lowest BCUT2D eigenvalue weighted by Crippen LogP contribution is -2.11. The van der Waals surface area contributed by atoms with E-state index in [1.54, 1.807) is 0 Å². The lowest BCUT2D eigenvalue weighted by atomic mass is 10.0. The molecule has 0 saturated carbocycles. The molecule has 0 N–H and O–H groups in total. The summed E-state index contributed by atoms with van der Waals surface area (Å²) >= 11 is 0. The number of fused-ring (bicyclic) bond motifs is 9. The molecule has 244 valence electrons. The number of para-hydroxylation sites is 5. The van der Waals surface area contributed by atoms with Crippen molar-refractivity contribution >= 4 is 82.7 Å². The molecular formula is C47H29N3O2. The van der Waals surface area contributed by atoms with Gasteiger partial charge < -0.3 is 18.3 Å². The van der Waals surface area contributed by atoms with Crippen LogP contribution in [0.15, 0.2) is 185 Å². The molecule has 0 aliphatic heterocycles. The van der Waals surface area contributed by atoms with Crippen LogP contribution in [0.1, 0.15) is 0 Å². The van der Waals surface area contributed by atoms with E-state index >= 15 is 0 Å². The highest BCUT2D eigenvalue weighted by atomic mass is 16.3. The smallest absolute Gasteiger partial charge is 0.227 e. The fourth-order valence-electron chi connectivity index (χ4n) is 7.91. The summed E-state index contributed by atoms with van der Waals surface area (Å²) in [5, 5.41) is 6.94. The normalized spacial score (nSPS) is 11.8. The van der Waals surface area contributed by atoms with Gasteiger partial charge in [-0.05, 0) is 83.6 Å². The van der Waals surface area contributed by atoms with Gasteiger partial charge in [0.1, 0.15) is 11.1 Å². The van der Waals surface area contributed by atoms with E-state index in [-0.39, 0.29) is 0 Å². The first-order valence-electron chi connectivity index (χ1n) is 17.5. The van der Waals surface area contributed by atoms with Gasteiger partial charge in [0, 0.05) is 38.5 Å². The van der Waals surface area contributed by atoms with E-state index in [1.165, 1.54) is 27.2 Å². The zero-order valence-electron chi connectivity index (χ0n) is 27.9. The summed E-state index contributed by atoms with van der Waals surface area (Å²) < 4.78 is 15.4. The largest absolute Gasteiger partial charge is 0.454 e. The van der Waals surface area contributed by atoms with E-state index in [9.17, 15) is 0 Å². The standard InChI is InChI=1S/C47H29N3O2/c1-3-13-30(14-4-1)47-48-45-40(21-12-24-43(45)52-47)50(41-22-11-19-36-35-17-8-10-23-42(35)51-46(36)41)33-26-27-34-31(29-33)25-28-39-44(34)37-18-7-9-20-38(37)49(39)32-15-5-2-6-16-32/h1-29H. The molecule has 0 unspecified atom stereocenters. The number of rotatable bonds is 5. The van der Waals surface area contributed by atoms with Crippen LogP contribution in [0, 0.1) is 0 Å². The first kappa shape index (κ1) is 28.7. The molecule has 0 aliphatic carbocycles. The summed E-state index contributed by atoms with van der Waals surface area (Å²) in [6.45, 7) is 0. The second-order valence-electron chi connectivity index (χ2n) is 13.1. The SMILES string of the molecule is c1ccc(-c2nc3c(N(c4ccc5c(ccc6c5c5ccccc5n6-c5ccccc5)c4)c4cccc5c4oc4ccccc45)cccc3o2)cc1. The molecule has 5 heteroatoms. The van der Waals surface area contributed by atoms with Crippen LogP contribution in [0.3, 0.4) is 0 Å². The highest BCUT2D eigenvalue weighted by Crippen LogP contribution is 2.46. The van der Waals surface area contributed by atoms with E-state index in [1.807, 2.05) is 54.6 Å². The molecular weight excluding hydrogens is 639 g/mol. The average molecular weight is 668 g/mol. The van der Waals surface area contributed by atoms with E-state index in [2.05, 4.69) is 131 Å². The number of aromatic nitrogens is 2. The molecule has 11 aromatic rings. The van der Waals surface area contributed by atoms with Crippen molar-refractivity contribution in [2.75, 3.05) is 4.90 Å². The number of benzene rings is 8. The van der Waals surface area contributed by atoms with Crippen molar-refractivity contribution in [3.63, 3.8) is 0 Å². The molecule has 3 aromatic heterocycles. The van der Waals surface area contributed by atoms with Crippen molar-refractivity contribution < 1.29 is 8.83 Å². The number of hydrogen-bond acceptors (Lipinski definition) is 4. The molecule has 0 aliphatic rings. The van der Waals surface area contributed by atoms with Crippen molar-refractivity contribution in [3.05, 3.63) is 176 Å². The second-order valence-corrected chi connectivity index (χ2v) is 13.1. The molecule has 0 radical (unpaired) electrons. The van der Waals surface area contributed by atoms with Crippen LogP contribution in [0.25, 0.3) is 82.8 Å². The van der Waals surface area contributed by atoms with Crippen LogP contribution in [0.2, 0.25) is 0 Å². The first-order chi connectivity index (χ1) is 25.8. The fraction of sp³-hybridized carbons (Fsp3) is 0. The molecule has 0 fully saturated rings. The van der Waals surface area contributed by atoms with Gasteiger partial charge in [-0.2, -0.15) is 0 Å². The van der Waals surface area contributed by atoms with E-state index < -0.39 is 0 Å². The third-order valence-electron chi connectivity index (χ3n) is 10.2. The van der Waals surface area contributed by atoms with Gasteiger partial charge >= 0.3 is 0 Å². The summed E-state index contributed by atoms with van der Waals surface area (Å²) in [6.07, 6.45) is 0. The summed E-state index contributed by atoms with van der Waals surface area (Å²) in [6, 6.07) is 61.3. The van der Waals surface area contributed by atoms with Crippen molar-refractivity contribution in [2.45, 2.75) is 0 Å². The number of furan rings is 1. The van der Waals surface area contributed by atoms with Crippen LogP contribution >= 0.6 is 0 Å². The average Bonchev–Trinajstić information content (AvgIpc) is 3.91. The van der Waals surface area contributed by atoms with Crippen LogP contribution in [0.5, 0.6) is 0 Å². The summed E-state index contributed by atoms with van der Waals surface area (Å²) in [5.74, 6) is 0.584. The van der Waals surface area contributed by atoms with Gasteiger partial charge in [0.05, 0.1) is 22.4 Å². The fourth-order valence-corrected chi connectivity index (χ4v) is 7.91. The molecule has 5 nitrogen and oxygen atoms in total. The highest BCUT2D eigenvalue weighted by Gasteiger charge is 2.24. The van der Waals surface area contributed by atoms with Gasteiger partial charge in [0.15, 0.2) is 11.2 Å². The maximum absolute atomic E-state index is 6.64. The number of hydrogen-bond donors (Lipinski definition) is 0. The molecule has 8 aromatic carbocycles. The van der Waals surface area contributed by atoms with Gasteiger partial charge in [0.2, 0.25) is 5.89 Å². The summed E-state index contributed by atoms with van der Waals surface area (Å²) in [7, 11) is 0. The number of nitrogens with zero attached hydrogens (tertiary/aromatic N) is 3. The highest BCUT2D eigenvalue weighted by molar-refractivity contribution is 6.22. The van der Waals surface area contributed by atoms with Crippen LogP contribution in [0.4, 0.5) is 17.1 Å². The van der Waals surface area contributed by atoms with Gasteiger partial charge in [-0.25, -0.2) is 4.98 Å². The van der Waals surface area contributed by atoms with Gasteiger partial charge in [-0.1, -0.05) is 103 Å². The molecule has 0 spiro atoms. The molecule has 11 rings (SSSR count).